The van der Waals surface area contributed by atoms with Crippen LogP contribution in [-0.4, -0.2) is 11.8 Å². The monoisotopic (exact) mass is 288 g/mol. The zero-order chi connectivity index (χ0) is 15.1. The number of hydrogen-bond acceptors (Lipinski definition) is 3. The van der Waals surface area contributed by atoms with E-state index in [0.29, 0.717) is 11.3 Å². The molecule has 0 unspecified atom stereocenters. The van der Waals surface area contributed by atoms with Crippen molar-refractivity contribution in [2.24, 2.45) is 5.73 Å². The van der Waals surface area contributed by atoms with Crippen LogP contribution in [-0.2, 0) is 6.54 Å². The van der Waals surface area contributed by atoms with Crippen LogP contribution in [0.25, 0.3) is 0 Å². The number of amides is 2. The number of carbonyl (C=O) groups is 2. The first kappa shape index (κ1) is 13.4. The molecule has 1 aliphatic heterocycles. The number of rotatable bonds is 2. The fraction of sp³-hybridized carbons (Fsp3) is 0.0667. The van der Waals surface area contributed by atoms with E-state index in [2.05, 4.69) is 0 Å². The van der Waals surface area contributed by atoms with Gasteiger partial charge in [0.1, 0.15) is 0 Å². The number of para-hydroxylation sites is 1. The summed E-state index contributed by atoms with van der Waals surface area (Å²) >= 11 is 0. The first-order valence-corrected chi connectivity index (χ1v) is 6.20. The van der Waals surface area contributed by atoms with Gasteiger partial charge in [-0.2, -0.15) is 0 Å². The quantitative estimate of drug-likeness (QED) is 0.862. The standard InChI is InChI=1S/C15H10F2N2O2/c16-11-5-9-10(6-12(11)17)15(21)19(14(9)20)13-4-2-1-3-8(13)7-18/h1-6H,7,18H2. The van der Waals surface area contributed by atoms with Gasteiger partial charge in [0.05, 0.1) is 16.8 Å². The summed E-state index contributed by atoms with van der Waals surface area (Å²) in [6, 6.07) is 8.12. The summed E-state index contributed by atoms with van der Waals surface area (Å²) in [6.45, 7) is 0.131. The molecule has 6 heteroatoms. The van der Waals surface area contributed by atoms with Crippen LogP contribution in [0.5, 0.6) is 0 Å². The highest BCUT2D eigenvalue weighted by Crippen LogP contribution is 2.31. The molecule has 2 aromatic rings. The lowest BCUT2D eigenvalue weighted by molar-refractivity contribution is 0.0925. The molecule has 0 saturated heterocycles. The average molecular weight is 288 g/mol. The summed E-state index contributed by atoms with van der Waals surface area (Å²) in [5.41, 5.74) is 6.21. The zero-order valence-corrected chi connectivity index (χ0v) is 10.8. The van der Waals surface area contributed by atoms with Gasteiger partial charge in [-0.05, 0) is 23.8 Å². The molecule has 0 aliphatic carbocycles. The van der Waals surface area contributed by atoms with Crippen LogP contribution >= 0.6 is 0 Å². The molecule has 0 saturated carbocycles. The molecule has 0 aromatic heterocycles. The molecule has 3 rings (SSSR count). The lowest BCUT2D eigenvalue weighted by Crippen LogP contribution is -2.30. The first-order chi connectivity index (χ1) is 10.0. The minimum Gasteiger partial charge on any atom is -0.326 e. The predicted molar refractivity (Wildman–Crippen MR) is 71.8 cm³/mol. The Hall–Kier alpha value is -2.60. The number of imide groups is 1. The summed E-state index contributed by atoms with van der Waals surface area (Å²) in [4.78, 5) is 25.5. The van der Waals surface area contributed by atoms with E-state index in [0.717, 1.165) is 17.0 Å². The Morgan fingerprint density at radius 3 is 2.00 bits per heavy atom. The fourth-order valence-electron chi connectivity index (χ4n) is 2.35. The SMILES string of the molecule is NCc1ccccc1N1C(=O)c2cc(F)c(F)cc2C1=O. The second-order valence-corrected chi connectivity index (χ2v) is 4.59. The number of nitrogens with zero attached hydrogens (tertiary/aromatic N) is 1. The molecule has 2 amide bonds. The molecule has 21 heavy (non-hydrogen) atoms. The maximum Gasteiger partial charge on any atom is 0.266 e. The minimum atomic E-state index is -1.16. The highest BCUT2D eigenvalue weighted by atomic mass is 19.2. The van der Waals surface area contributed by atoms with Gasteiger partial charge in [0, 0.05) is 6.54 Å². The average Bonchev–Trinajstić information content (AvgIpc) is 2.71. The van der Waals surface area contributed by atoms with Crippen molar-refractivity contribution in [3.8, 4) is 0 Å². The molecule has 0 atom stereocenters. The smallest absolute Gasteiger partial charge is 0.266 e. The Bertz CT molecular complexity index is 733. The Balaban J connectivity index is 2.16. The van der Waals surface area contributed by atoms with Gasteiger partial charge < -0.3 is 5.73 Å². The number of halogens is 2. The zero-order valence-electron chi connectivity index (χ0n) is 10.8. The van der Waals surface area contributed by atoms with E-state index < -0.39 is 23.4 Å². The van der Waals surface area contributed by atoms with Gasteiger partial charge in [0.25, 0.3) is 11.8 Å². The topological polar surface area (TPSA) is 63.4 Å². The molecular formula is C15H10F2N2O2. The molecule has 2 N–H and O–H groups in total. The van der Waals surface area contributed by atoms with Crippen molar-refractivity contribution in [3.05, 3.63) is 64.7 Å². The first-order valence-electron chi connectivity index (χ1n) is 6.20. The number of benzene rings is 2. The number of nitrogens with two attached hydrogens (primary N) is 1. The summed E-state index contributed by atoms with van der Waals surface area (Å²) < 4.78 is 26.5. The Morgan fingerprint density at radius 1 is 0.952 bits per heavy atom. The van der Waals surface area contributed by atoms with Crippen molar-refractivity contribution < 1.29 is 18.4 Å². The van der Waals surface area contributed by atoms with Gasteiger partial charge in [-0.3, -0.25) is 9.59 Å². The van der Waals surface area contributed by atoms with Gasteiger partial charge in [0.15, 0.2) is 11.6 Å². The van der Waals surface area contributed by atoms with Crippen molar-refractivity contribution in [3.63, 3.8) is 0 Å². The van der Waals surface area contributed by atoms with Crippen molar-refractivity contribution in [2.45, 2.75) is 6.54 Å². The number of anilines is 1. The van der Waals surface area contributed by atoms with Gasteiger partial charge >= 0.3 is 0 Å². The van der Waals surface area contributed by atoms with Crippen molar-refractivity contribution in [2.75, 3.05) is 4.90 Å². The maximum absolute atomic E-state index is 13.3. The van der Waals surface area contributed by atoms with E-state index in [4.69, 9.17) is 5.73 Å². The van der Waals surface area contributed by atoms with E-state index in [1.165, 1.54) is 0 Å². The third-order valence-corrected chi connectivity index (χ3v) is 3.38. The molecule has 2 aromatic carbocycles. The molecule has 1 aliphatic rings. The summed E-state index contributed by atoms with van der Waals surface area (Å²) in [5, 5.41) is 0. The third-order valence-electron chi connectivity index (χ3n) is 3.38. The van der Waals surface area contributed by atoms with E-state index in [-0.39, 0.29) is 17.7 Å². The molecule has 106 valence electrons. The number of fused-ring (bicyclic) bond motifs is 1. The highest BCUT2D eigenvalue weighted by Gasteiger charge is 2.38. The second-order valence-electron chi connectivity index (χ2n) is 4.59. The van der Waals surface area contributed by atoms with Crippen LogP contribution in [0.15, 0.2) is 36.4 Å². The van der Waals surface area contributed by atoms with Crippen LogP contribution in [0.2, 0.25) is 0 Å². The minimum absolute atomic E-state index is 0.131. The maximum atomic E-state index is 13.3. The molecule has 0 radical (unpaired) electrons. The number of carbonyl (C=O) groups excluding carboxylic acids is 2. The van der Waals surface area contributed by atoms with Gasteiger partial charge in [-0.25, -0.2) is 13.7 Å². The Labute approximate surface area is 118 Å². The summed E-state index contributed by atoms with van der Waals surface area (Å²) in [7, 11) is 0. The highest BCUT2D eigenvalue weighted by molar-refractivity contribution is 6.34. The molecule has 0 spiro atoms. The Kier molecular flexibility index (Phi) is 3.03. The molecule has 0 bridgehead atoms. The third kappa shape index (κ3) is 1.92. The Morgan fingerprint density at radius 2 is 1.48 bits per heavy atom. The van der Waals surface area contributed by atoms with Gasteiger partial charge in [0.2, 0.25) is 0 Å². The van der Waals surface area contributed by atoms with Crippen LogP contribution in [0.4, 0.5) is 14.5 Å². The van der Waals surface area contributed by atoms with E-state index in [1.54, 1.807) is 24.3 Å². The van der Waals surface area contributed by atoms with E-state index in [9.17, 15) is 18.4 Å². The van der Waals surface area contributed by atoms with Crippen LogP contribution in [0.3, 0.4) is 0 Å². The van der Waals surface area contributed by atoms with Gasteiger partial charge in [-0.1, -0.05) is 18.2 Å². The van der Waals surface area contributed by atoms with Crippen molar-refractivity contribution >= 4 is 17.5 Å². The molecule has 1 heterocycles. The molecule has 0 fully saturated rings. The van der Waals surface area contributed by atoms with Gasteiger partial charge in [-0.15, -0.1) is 0 Å². The van der Waals surface area contributed by atoms with Crippen LogP contribution < -0.4 is 10.6 Å². The molecule has 4 nitrogen and oxygen atoms in total. The van der Waals surface area contributed by atoms with Crippen LogP contribution in [0, 0.1) is 11.6 Å². The van der Waals surface area contributed by atoms with Crippen molar-refractivity contribution in [1.29, 1.82) is 0 Å². The lowest BCUT2D eigenvalue weighted by atomic mass is 10.1. The second kappa shape index (κ2) is 4.75. The normalized spacial score (nSPS) is 13.8. The molecular weight excluding hydrogens is 278 g/mol. The van der Waals surface area contributed by atoms with E-state index in [1.807, 2.05) is 0 Å². The predicted octanol–water partition coefficient (Wildman–Crippen LogP) is 2.22. The van der Waals surface area contributed by atoms with E-state index >= 15 is 0 Å². The lowest BCUT2D eigenvalue weighted by Gasteiger charge is -2.17. The number of hydrogen-bond donors (Lipinski definition) is 1. The van der Waals surface area contributed by atoms with Crippen LogP contribution in [0.1, 0.15) is 26.3 Å². The fourth-order valence-corrected chi connectivity index (χ4v) is 2.35. The largest absolute Gasteiger partial charge is 0.326 e. The summed E-state index contributed by atoms with van der Waals surface area (Å²) in [5.74, 6) is -3.70. The van der Waals surface area contributed by atoms with Crippen molar-refractivity contribution in [1.82, 2.24) is 0 Å². The summed E-state index contributed by atoms with van der Waals surface area (Å²) in [6.07, 6.45) is 0.